The molecule has 2 fully saturated rings. The molecule has 2 saturated heterocycles. The summed E-state index contributed by atoms with van der Waals surface area (Å²) in [4.78, 5) is 26.9. The van der Waals surface area contributed by atoms with Crippen LogP contribution in [0.1, 0.15) is 48.0 Å². The highest BCUT2D eigenvalue weighted by Crippen LogP contribution is 2.39. The van der Waals surface area contributed by atoms with Crippen LogP contribution in [0.4, 0.5) is 11.4 Å². The average Bonchev–Trinajstić information content (AvgIpc) is 3.11. The lowest BCUT2D eigenvalue weighted by Gasteiger charge is -2.41. The van der Waals surface area contributed by atoms with E-state index in [9.17, 15) is 20.0 Å². The highest BCUT2D eigenvalue weighted by Gasteiger charge is 2.34. The van der Waals surface area contributed by atoms with E-state index in [2.05, 4.69) is 33.3 Å². The highest BCUT2D eigenvalue weighted by molar-refractivity contribution is 5.74. The molecule has 10 nitrogen and oxygen atoms in total. The van der Waals surface area contributed by atoms with Gasteiger partial charge in [0.15, 0.2) is 6.29 Å². The van der Waals surface area contributed by atoms with Crippen molar-refractivity contribution in [2.45, 2.75) is 45.0 Å². The minimum absolute atomic E-state index is 0.00763. The minimum atomic E-state index is -0.554. The fourth-order valence-corrected chi connectivity index (χ4v) is 6.29. The van der Waals surface area contributed by atoms with Crippen LogP contribution in [0.3, 0.4) is 0 Å². The molecule has 6 rings (SSSR count). The number of amides is 1. The zero-order chi connectivity index (χ0) is 32.8. The Morgan fingerprint density at radius 2 is 1.57 bits per heavy atom. The van der Waals surface area contributed by atoms with Crippen LogP contribution >= 0.6 is 0 Å². The van der Waals surface area contributed by atoms with Gasteiger partial charge in [0.1, 0.15) is 0 Å². The molecular weight excluding hydrogens is 596 g/mol. The number of ether oxygens (including phenoxy) is 2. The normalized spacial score (nSPS) is 20.1. The van der Waals surface area contributed by atoms with Gasteiger partial charge < -0.3 is 24.8 Å². The van der Waals surface area contributed by atoms with Gasteiger partial charge in [-0.2, -0.15) is 0 Å². The van der Waals surface area contributed by atoms with Gasteiger partial charge >= 0.3 is 0 Å². The Kier molecular flexibility index (Phi) is 10.2. The first-order valence-electron chi connectivity index (χ1n) is 16.0. The number of nitro benzene ring substituents is 1. The molecule has 4 aromatic carbocycles. The van der Waals surface area contributed by atoms with Crippen molar-refractivity contribution in [1.82, 2.24) is 10.2 Å². The summed E-state index contributed by atoms with van der Waals surface area (Å²) < 4.78 is 13.2. The second-order valence-electron chi connectivity index (χ2n) is 12.1. The van der Waals surface area contributed by atoms with Crippen LogP contribution in [-0.4, -0.2) is 59.7 Å². The third kappa shape index (κ3) is 8.04. The lowest BCUT2D eigenvalue weighted by Crippen LogP contribution is -2.49. The molecule has 2 N–H and O–H groups in total. The summed E-state index contributed by atoms with van der Waals surface area (Å²) in [5, 5.41) is 23.5. The molecule has 4 aromatic rings. The topological polar surface area (TPSA) is 117 Å². The number of hydrogen-bond donors (Lipinski definition) is 2. The number of piperazine rings is 1. The first-order chi connectivity index (χ1) is 22.9. The van der Waals surface area contributed by atoms with Gasteiger partial charge in [0.2, 0.25) is 5.91 Å². The third-order valence-electron chi connectivity index (χ3n) is 8.91. The number of carbonyl (C=O) groups excluding carboxylic acids is 1. The van der Waals surface area contributed by atoms with Gasteiger partial charge in [-0.1, -0.05) is 72.8 Å². The number of hydrogen-bond acceptors (Lipinski definition) is 8. The van der Waals surface area contributed by atoms with Crippen molar-refractivity contribution in [3.63, 3.8) is 0 Å². The Balaban J connectivity index is 1.16. The molecular formula is C37H40N4O6. The van der Waals surface area contributed by atoms with Crippen LogP contribution in [0.15, 0.2) is 97.1 Å². The Morgan fingerprint density at radius 1 is 0.894 bits per heavy atom. The molecule has 0 bridgehead atoms. The number of aliphatic hydroxyl groups is 1. The molecule has 0 radical (unpaired) electrons. The molecule has 244 valence electrons. The zero-order valence-corrected chi connectivity index (χ0v) is 26.5. The van der Waals surface area contributed by atoms with Crippen molar-refractivity contribution in [1.29, 1.82) is 0 Å². The van der Waals surface area contributed by atoms with Gasteiger partial charge in [-0.3, -0.25) is 19.8 Å². The summed E-state index contributed by atoms with van der Waals surface area (Å²) in [6.07, 6.45) is -0.0980. The summed E-state index contributed by atoms with van der Waals surface area (Å²) >= 11 is 0. The Bertz CT molecular complexity index is 1650. The standard InChI is InChI=1S/C37H40N4O6/c1-26(43)38-23-31-4-2-3-5-35(31)28-10-12-30(13-11-28)37-46-34(22-36(47-37)29-8-6-27(25-42)7-9-29)24-39-18-20-40(21-19-39)32-14-16-33(17-15-32)41(44)45/h2-17,34,36-37,42H,18-25H2,1H3,(H,38,43)/t34-,36+,37+/m0/s1. The predicted octanol–water partition coefficient (Wildman–Crippen LogP) is 5.76. The van der Waals surface area contributed by atoms with E-state index in [1.54, 1.807) is 12.1 Å². The van der Waals surface area contributed by atoms with Crippen LogP contribution in [0.5, 0.6) is 0 Å². The van der Waals surface area contributed by atoms with E-state index >= 15 is 0 Å². The smallest absolute Gasteiger partial charge is 0.269 e. The molecule has 0 spiro atoms. The Hall–Kier alpha value is -4.61. The molecule has 47 heavy (non-hydrogen) atoms. The van der Waals surface area contributed by atoms with E-state index in [0.29, 0.717) is 13.0 Å². The van der Waals surface area contributed by atoms with E-state index in [0.717, 1.165) is 71.8 Å². The van der Waals surface area contributed by atoms with Crippen molar-refractivity contribution in [2.75, 3.05) is 37.6 Å². The highest BCUT2D eigenvalue weighted by atomic mass is 16.7. The molecule has 0 aliphatic carbocycles. The van der Waals surface area contributed by atoms with Crippen LogP contribution < -0.4 is 10.2 Å². The second-order valence-corrected chi connectivity index (χ2v) is 12.1. The van der Waals surface area contributed by atoms with Gasteiger partial charge in [-0.25, -0.2) is 0 Å². The van der Waals surface area contributed by atoms with Gasteiger partial charge in [0.25, 0.3) is 5.69 Å². The maximum Gasteiger partial charge on any atom is 0.269 e. The lowest BCUT2D eigenvalue weighted by atomic mass is 9.97. The van der Waals surface area contributed by atoms with E-state index in [-0.39, 0.29) is 35.3 Å². The molecule has 2 aliphatic heterocycles. The van der Waals surface area contributed by atoms with E-state index < -0.39 is 6.29 Å². The Labute approximate surface area is 274 Å². The predicted molar refractivity (Wildman–Crippen MR) is 180 cm³/mol. The van der Waals surface area contributed by atoms with E-state index in [1.165, 1.54) is 6.92 Å². The SMILES string of the molecule is CC(=O)NCc1ccccc1-c1ccc([C@@H]2O[C@H](CN3CCN(c4ccc([N+](=O)[O-])cc4)CC3)C[C@H](c3ccc(CO)cc3)O2)cc1. The van der Waals surface area contributed by atoms with E-state index in [1.807, 2.05) is 66.7 Å². The number of benzene rings is 4. The maximum atomic E-state index is 11.5. The van der Waals surface area contributed by atoms with Crippen LogP contribution in [-0.2, 0) is 27.4 Å². The molecule has 2 heterocycles. The van der Waals surface area contributed by atoms with Crippen molar-refractivity contribution in [3.8, 4) is 11.1 Å². The maximum absolute atomic E-state index is 11.5. The molecule has 0 saturated carbocycles. The second kappa shape index (κ2) is 14.9. The van der Waals surface area contributed by atoms with Crippen molar-refractivity contribution >= 4 is 17.3 Å². The van der Waals surface area contributed by atoms with Crippen molar-refractivity contribution in [3.05, 3.63) is 129 Å². The lowest BCUT2D eigenvalue weighted by molar-refractivity contribution is -0.384. The quantitative estimate of drug-likeness (QED) is 0.167. The number of non-ortho nitro benzene ring substituents is 1. The molecule has 3 atom stereocenters. The summed E-state index contributed by atoms with van der Waals surface area (Å²) in [6, 6.07) is 31.0. The summed E-state index contributed by atoms with van der Waals surface area (Å²) in [7, 11) is 0. The minimum Gasteiger partial charge on any atom is -0.392 e. The number of rotatable bonds is 10. The first kappa shape index (κ1) is 32.3. The first-order valence-corrected chi connectivity index (χ1v) is 16.0. The zero-order valence-electron chi connectivity index (χ0n) is 26.5. The number of nitrogens with one attached hydrogen (secondary N) is 1. The fraction of sp³-hybridized carbons (Fsp3) is 0.324. The number of aliphatic hydroxyl groups excluding tert-OH is 1. The average molecular weight is 637 g/mol. The third-order valence-corrected chi connectivity index (χ3v) is 8.91. The fourth-order valence-electron chi connectivity index (χ4n) is 6.29. The van der Waals surface area contributed by atoms with Crippen molar-refractivity contribution < 1.29 is 24.3 Å². The van der Waals surface area contributed by atoms with Crippen LogP contribution in [0, 0.1) is 10.1 Å². The molecule has 1 amide bonds. The largest absolute Gasteiger partial charge is 0.392 e. The monoisotopic (exact) mass is 636 g/mol. The summed E-state index contributed by atoms with van der Waals surface area (Å²) in [6.45, 7) is 6.08. The van der Waals surface area contributed by atoms with Crippen LogP contribution in [0.25, 0.3) is 11.1 Å². The summed E-state index contributed by atoms with van der Waals surface area (Å²) in [5.74, 6) is -0.0665. The number of carbonyl (C=O) groups is 1. The van der Waals surface area contributed by atoms with Gasteiger partial charge in [0.05, 0.1) is 23.7 Å². The number of nitrogens with zero attached hydrogens (tertiary/aromatic N) is 3. The molecule has 0 unspecified atom stereocenters. The van der Waals surface area contributed by atoms with Gasteiger partial charge in [-0.15, -0.1) is 0 Å². The van der Waals surface area contributed by atoms with Crippen molar-refractivity contribution in [2.24, 2.45) is 0 Å². The molecule has 2 aliphatic rings. The Morgan fingerprint density at radius 3 is 2.23 bits per heavy atom. The van der Waals surface area contributed by atoms with Crippen LogP contribution in [0.2, 0.25) is 0 Å². The number of nitro groups is 1. The van der Waals surface area contributed by atoms with Gasteiger partial charge in [-0.05, 0) is 39.9 Å². The van der Waals surface area contributed by atoms with Gasteiger partial charge in [0, 0.05) is 76.0 Å². The number of anilines is 1. The molecule has 0 aromatic heterocycles. The van der Waals surface area contributed by atoms with E-state index in [4.69, 9.17) is 9.47 Å². The molecule has 10 heteroatoms. The summed E-state index contributed by atoms with van der Waals surface area (Å²) in [5.41, 5.74) is 7.07.